The van der Waals surface area contributed by atoms with Crippen LogP contribution in [0.2, 0.25) is 0 Å². The lowest BCUT2D eigenvalue weighted by atomic mass is 9.93. The molecule has 1 aromatic carbocycles. The fourth-order valence-electron chi connectivity index (χ4n) is 4.28. The summed E-state index contributed by atoms with van der Waals surface area (Å²) in [5, 5.41) is 0.622. The number of hydrogen-bond acceptors (Lipinski definition) is 8. The molecule has 8 heteroatoms. The Morgan fingerprint density at radius 2 is 2.07 bits per heavy atom. The number of aryl methyl sites for hydroxylation is 1. The number of methoxy groups -OCH3 is 1. The number of Topliss-reactive ketones (excluding diaryl/α,β-unsaturated/α-hetero) is 1. The summed E-state index contributed by atoms with van der Waals surface area (Å²) in [6, 6.07) is 1.73. The lowest BCUT2D eigenvalue weighted by Gasteiger charge is -2.15. The lowest BCUT2D eigenvalue weighted by molar-refractivity contribution is -0.188. The Bertz CT molecular complexity index is 1070. The van der Waals surface area contributed by atoms with Gasteiger partial charge in [-0.1, -0.05) is 0 Å². The average molecular weight is 372 g/mol. The summed E-state index contributed by atoms with van der Waals surface area (Å²) >= 11 is 0. The van der Waals surface area contributed by atoms with Crippen LogP contribution >= 0.6 is 0 Å². The van der Waals surface area contributed by atoms with Gasteiger partial charge in [0, 0.05) is 31.4 Å². The van der Waals surface area contributed by atoms with Gasteiger partial charge < -0.3 is 23.4 Å². The summed E-state index contributed by atoms with van der Waals surface area (Å²) < 4.78 is 27.7. The van der Waals surface area contributed by atoms with Crippen LogP contribution in [0, 0.1) is 0 Å². The van der Waals surface area contributed by atoms with Gasteiger partial charge in [-0.3, -0.25) is 9.59 Å². The standard InChI is InChI=1S/C19H16O8/c1-7(20)24-13-5-9-16-12(25-19(9)26-13)6-11(23-2)15-8-3-4-10(21)14(8)18(22)27-17(15)16/h6,9,13,19H,3-5H2,1-2H3/t9-,13-,19-/m1/s1. The van der Waals surface area contributed by atoms with E-state index in [0.29, 0.717) is 46.4 Å². The monoisotopic (exact) mass is 372 g/mol. The van der Waals surface area contributed by atoms with Crippen molar-refractivity contribution in [1.82, 2.24) is 0 Å². The van der Waals surface area contributed by atoms with E-state index in [1.54, 1.807) is 6.07 Å². The average Bonchev–Trinajstić information content (AvgIpc) is 3.26. The Hall–Kier alpha value is -2.87. The van der Waals surface area contributed by atoms with Crippen molar-refractivity contribution in [2.75, 3.05) is 7.11 Å². The summed E-state index contributed by atoms with van der Waals surface area (Å²) in [5.41, 5.74) is 1.16. The largest absolute Gasteiger partial charge is 0.496 e. The van der Waals surface area contributed by atoms with Crippen molar-refractivity contribution >= 4 is 22.7 Å². The number of carbonyl (C=O) groups excluding carboxylic acids is 2. The van der Waals surface area contributed by atoms with Crippen LogP contribution in [0.5, 0.6) is 11.5 Å². The number of hydrogen-bond donors (Lipinski definition) is 0. The second-order valence-corrected chi connectivity index (χ2v) is 6.86. The summed E-state index contributed by atoms with van der Waals surface area (Å²) in [5.74, 6) is 0.0770. The van der Waals surface area contributed by atoms with Crippen molar-refractivity contribution < 1.29 is 33.0 Å². The first-order valence-electron chi connectivity index (χ1n) is 8.71. The van der Waals surface area contributed by atoms with E-state index in [4.69, 9.17) is 23.4 Å². The summed E-state index contributed by atoms with van der Waals surface area (Å²) in [4.78, 5) is 35.8. The van der Waals surface area contributed by atoms with Gasteiger partial charge in [0.25, 0.3) is 0 Å². The van der Waals surface area contributed by atoms with E-state index in [0.717, 1.165) is 0 Å². The van der Waals surface area contributed by atoms with Crippen LogP contribution in [0.3, 0.4) is 0 Å². The Balaban J connectivity index is 1.72. The van der Waals surface area contributed by atoms with Crippen molar-refractivity contribution in [2.24, 2.45) is 0 Å². The Kier molecular flexibility index (Phi) is 3.36. The number of ketones is 1. The zero-order chi connectivity index (χ0) is 18.9. The number of esters is 1. The molecular weight excluding hydrogens is 356 g/mol. The predicted molar refractivity (Wildman–Crippen MR) is 90.1 cm³/mol. The van der Waals surface area contributed by atoms with E-state index in [1.165, 1.54) is 14.0 Å². The fraction of sp³-hybridized carbons (Fsp3) is 0.421. The van der Waals surface area contributed by atoms with E-state index in [9.17, 15) is 14.4 Å². The molecule has 5 rings (SSSR count). The van der Waals surface area contributed by atoms with Crippen molar-refractivity contribution in [3.63, 3.8) is 0 Å². The molecule has 2 aromatic rings. The molecule has 3 aliphatic rings. The molecule has 0 unspecified atom stereocenters. The smallest absolute Gasteiger partial charge is 0.347 e. The van der Waals surface area contributed by atoms with Gasteiger partial charge in [0.15, 0.2) is 5.78 Å². The van der Waals surface area contributed by atoms with E-state index in [-0.39, 0.29) is 23.7 Å². The third-order valence-corrected chi connectivity index (χ3v) is 5.32. The van der Waals surface area contributed by atoms with Crippen LogP contribution in [0.15, 0.2) is 15.3 Å². The van der Waals surface area contributed by atoms with E-state index in [1.807, 2.05) is 0 Å². The zero-order valence-electron chi connectivity index (χ0n) is 14.7. The predicted octanol–water partition coefficient (Wildman–Crippen LogP) is 2.04. The molecule has 1 saturated heterocycles. The maximum Gasteiger partial charge on any atom is 0.347 e. The molecule has 140 valence electrons. The third-order valence-electron chi connectivity index (χ3n) is 5.32. The maximum atomic E-state index is 12.5. The van der Waals surface area contributed by atoms with Gasteiger partial charge in [-0.15, -0.1) is 0 Å². The van der Waals surface area contributed by atoms with Gasteiger partial charge in [-0.05, 0) is 12.0 Å². The molecule has 27 heavy (non-hydrogen) atoms. The zero-order valence-corrected chi connectivity index (χ0v) is 14.7. The van der Waals surface area contributed by atoms with Crippen LogP contribution in [-0.4, -0.2) is 31.4 Å². The summed E-state index contributed by atoms with van der Waals surface area (Å²) in [6.07, 6.45) is -0.226. The first kappa shape index (κ1) is 16.3. The molecule has 1 aliphatic carbocycles. The normalized spacial score (nSPS) is 25.1. The molecule has 3 heterocycles. The van der Waals surface area contributed by atoms with Crippen molar-refractivity contribution in [2.45, 2.75) is 44.7 Å². The second kappa shape index (κ2) is 5.56. The quantitative estimate of drug-likeness (QED) is 0.583. The minimum Gasteiger partial charge on any atom is -0.496 e. The third kappa shape index (κ3) is 2.22. The van der Waals surface area contributed by atoms with Crippen LogP contribution < -0.4 is 15.1 Å². The molecule has 0 amide bonds. The van der Waals surface area contributed by atoms with Gasteiger partial charge in [0.05, 0.1) is 18.4 Å². The Labute approximate surface area is 152 Å². The Morgan fingerprint density at radius 1 is 1.26 bits per heavy atom. The first-order chi connectivity index (χ1) is 13.0. The minimum absolute atomic E-state index is 0.108. The lowest BCUT2D eigenvalue weighted by Crippen LogP contribution is -2.19. The van der Waals surface area contributed by atoms with Gasteiger partial charge in [0.1, 0.15) is 22.6 Å². The van der Waals surface area contributed by atoms with Gasteiger partial charge in [0.2, 0.25) is 12.6 Å². The molecule has 2 aliphatic heterocycles. The number of rotatable bonds is 2. The van der Waals surface area contributed by atoms with Gasteiger partial charge in [-0.25, -0.2) is 4.79 Å². The van der Waals surface area contributed by atoms with Gasteiger partial charge in [-0.2, -0.15) is 0 Å². The molecule has 0 bridgehead atoms. The van der Waals surface area contributed by atoms with Crippen molar-refractivity contribution in [3.05, 3.63) is 33.2 Å². The first-order valence-corrected chi connectivity index (χ1v) is 8.71. The van der Waals surface area contributed by atoms with E-state index >= 15 is 0 Å². The molecule has 1 aromatic heterocycles. The van der Waals surface area contributed by atoms with Crippen molar-refractivity contribution in [1.29, 1.82) is 0 Å². The molecule has 1 fully saturated rings. The molecule has 0 spiro atoms. The molecular formula is C19H16O8. The number of benzene rings is 1. The number of carbonyl (C=O) groups is 2. The highest BCUT2D eigenvalue weighted by Gasteiger charge is 2.48. The molecule has 3 atom stereocenters. The number of ether oxygens (including phenoxy) is 4. The van der Waals surface area contributed by atoms with E-state index in [2.05, 4.69) is 0 Å². The van der Waals surface area contributed by atoms with Crippen molar-refractivity contribution in [3.8, 4) is 11.5 Å². The van der Waals surface area contributed by atoms with Crippen LogP contribution in [-0.2, 0) is 20.7 Å². The number of fused-ring (bicyclic) bond motifs is 7. The second-order valence-electron chi connectivity index (χ2n) is 6.86. The maximum absolute atomic E-state index is 12.5. The van der Waals surface area contributed by atoms with Gasteiger partial charge >= 0.3 is 11.6 Å². The SMILES string of the molecule is COc1cc2c(c3oc(=O)c4c(c13)CCC4=O)[C@H]1C[C@H](OC(C)=O)O[C@H]1O2. The highest BCUT2D eigenvalue weighted by atomic mass is 16.8. The Morgan fingerprint density at radius 3 is 2.81 bits per heavy atom. The highest BCUT2D eigenvalue weighted by molar-refractivity contribution is 6.06. The summed E-state index contributed by atoms with van der Waals surface area (Å²) in [7, 11) is 1.51. The van der Waals surface area contributed by atoms with E-state index < -0.39 is 24.2 Å². The summed E-state index contributed by atoms with van der Waals surface area (Å²) in [6.45, 7) is 1.31. The van der Waals surface area contributed by atoms with Crippen LogP contribution in [0.1, 0.15) is 47.2 Å². The molecule has 0 radical (unpaired) electrons. The highest BCUT2D eigenvalue weighted by Crippen LogP contribution is 2.52. The fourth-order valence-corrected chi connectivity index (χ4v) is 4.28. The van der Waals surface area contributed by atoms with Crippen LogP contribution in [0.25, 0.3) is 11.0 Å². The molecule has 0 N–H and O–H groups in total. The minimum atomic E-state index is -0.717. The molecule has 0 saturated carbocycles. The molecule has 8 nitrogen and oxygen atoms in total. The topological polar surface area (TPSA) is 101 Å². The van der Waals surface area contributed by atoms with Crippen LogP contribution in [0.4, 0.5) is 0 Å².